The molecule has 1 aromatic carbocycles. The molecule has 28 heavy (non-hydrogen) atoms. The fourth-order valence-corrected chi connectivity index (χ4v) is 2.13. The van der Waals surface area contributed by atoms with Crippen molar-refractivity contribution in [3.05, 3.63) is 27.8 Å². The average Bonchev–Trinajstić information content (AvgIpc) is 2.65. The van der Waals surface area contributed by atoms with Crippen LogP contribution in [0.3, 0.4) is 0 Å². The largest absolute Gasteiger partial charge is 0.493 e. The molecule has 10 nitrogen and oxygen atoms in total. The van der Waals surface area contributed by atoms with Gasteiger partial charge in [-0.05, 0) is 19.8 Å². The van der Waals surface area contributed by atoms with Gasteiger partial charge in [0, 0.05) is 6.07 Å². The van der Waals surface area contributed by atoms with E-state index in [0.29, 0.717) is 0 Å². The van der Waals surface area contributed by atoms with Crippen LogP contribution in [0.15, 0.2) is 12.1 Å². The number of nitro groups is 1. The number of nitrogens with one attached hydrogen (secondary N) is 1. The molecule has 1 aromatic rings. The summed E-state index contributed by atoms with van der Waals surface area (Å²) in [4.78, 5) is 34.9. The molecular formula is C18H23N3O7. The Morgan fingerprint density at radius 1 is 1.36 bits per heavy atom. The zero-order chi connectivity index (χ0) is 21.5. The van der Waals surface area contributed by atoms with Crippen LogP contribution in [0.5, 0.6) is 11.5 Å². The van der Waals surface area contributed by atoms with E-state index in [2.05, 4.69) is 5.32 Å². The monoisotopic (exact) mass is 393 g/mol. The fraction of sp³-hybridized carbons (Fsp3) is 0.500. The van der Waals surface area contributed by atoms with Crippen molar-refractivity contribution in [2.75, 3.05) is 20.3 Å². The molecule has 0 aliphatic rings. The Morgan fingerprint density at radius 3 is 2.46 bits per heavy atom. The number of amides is 1. The summed E-state index contributed by atoms with van der Waals surface area (Å²) < 4.78 is 15.2. The first-order valence-electron chi connectivity index (χ1n) is 8.48. The predicted octanol–water partition coefficient (Wildman–Crippen LogP) is 2.21. The lowest BCUT2D eigenvalue weighted by Crippen LogP contribution is -2.50. The van der Waals surface area contributed by atoms with Gasteiger partial charge in [0.15, 0.2) is 18.1 Å². The second kappa shape index (κ2) is 9.55. The lowest BCUT2D eigenvalue weighted by molar-refractivity contribution is -0.385. The van der Waals surface area contributed by atoms with E-state index >= 15 is 0 Å². The third-order valence-electron chi connectivity index (χ3n) is 4.12. The van der Waals surface area contributed by atoms with E-state index in [1.165, 1.54) is 7.11 Å². The highest BCUT2D eigenvalue weighted by atomic mass is 16.6. The summed E-state index contributed by atoms with van der Waals surface area (Å²) in [5, 5.41) is 23.0. The molecule has 0 unspecified atom stereocenters. The van der Waals surface area contributed by atoms with E-state index in [1.807, 2.05) is 6.07 Å². The molecule has 1 rings (SSSR count). The van der Waals surface area contributed by atoms with Gasteiger partial charge in [0.05, 0.1) is 30.8 Å². The van der Waals surface area contributed by atoms with Gasteiger partial charge >= 0.3 is 5.97 Å². The Morgan fingerprint density at radius 2 is 2.00 bits per heavy atom. The first-order chi connectivity index (χ1) is 13.1. The topological polar surface area (TPSA) is 141 Å². The van der Waals surface area contributed by atoms with Crippen molar-refractivity contribution in [1.29, 1.82) is 5.26 Å². The number of carbonyl (C=O) groups excluding carboxylic acids is 2. The Kier molecular flexibility index (Phi) is 7.74. The van der Waals surface area contributed by atoms with Crippen LogP contribution in [0.25, 0.3) is 0 Å². The molecule has 0 aliphatic heterocycles. The summed E-state index contributed by atoms with van der Waals surface area (Å²) in [6.07, 6.45) is 0. The Labute approximate surface area is 162 Å². The molecular weight excluding hydrogens is 370 g/mol. The summed E-state index contributed by atoms with van der Waals surface area (Å²) in [6.45, 7) is 6.30. The molecule has 1 atom stereocenters. The maximum atomic E-state index is 12.3. The van der Waals surface area contributed by atoms with Gasteiger partial charge in [-0.25, -0.2) is 4.79 Å². The third kappa shape index (κ3) is 5.33. The summed E-state index contributed by atoms with van der Waals surface area (Å²) >= 11 is 0. The van der Waals surface area contributed by atoms with Crippen LogP contribution in [0.1, 0.15) is 38.1 Å². The predicted molar refractivity (Wildman–Crippen MR) is 98.1 cm³/mol. The highest BCUT2D eigenvalue weighted by Crippen LogP contribution is 2.35. The van der Waals surface area contributed by atoms with Gasteiger partial charge in [0.1, 0.15) is 11.1 Å². The van der Waals surface area contributed by atoms with E-state index in [-0.39, 0.29) is 29.6 Å². The molecule has 0 radical (unpaired) electrons. The minimum atomic E-state index is -1.14. The highest BCUT2D eigenvalue weighted by molar-refractivity contribution is 5.96. The number of carbonyl (C=O) groups is 2. The molecule has 0 heterocycles. The number of nitro benzene ring substituents is 1. The molecule has 0 spiro atoms. The van der Waals surface area contributed by atoms with Gasteiger partial charge in [-0.15, -0.1) is 0 Å². The normalized spacial score (nSPS) is 12.5. The molecule has 10 heteroatoms. The molecule has 0 bridgehead atoms. The maximum absolute atomic E-state index is 12.3. The van der Waals surface area contributed by atoms with Gasteiger partial charge in [-0.1, -0.05) is 13.8 Å². The average molecular weight is 393 g/mol. The second-order valence-corrected chi connectivity index (χ2v) is 6.30. The van der Waals surface area contributed by atoms with Crippen molar-refractivity contribution < 1.29 is 28.7 Å². The van der Waals surface area contributed by atoms with Crippen molar-refractivity contribution in [2.24, 2.45) is 5.92 Å². The quantitative estimate of drug-likeness (QED) is 0.382. The van der Waals surface area contributed by atoms with Gasteiger partial charge in [0.2, 0.25) is 0 Å². The van der Waals surface area contributed by atoms with Gasteiger partial charge < -0.3 is 19.5 Å². The number of methoxy groups -OCH3 is 1. The van der Waals surface area contributed by atoms with Crippen LogP contribution < -0.4 is 14.8 Å². The van der Waals surface area contributed by atoms with Gasteiger partial charge in [-0.2, -0.15) is 5.26 Å². The van der Waals surface area contributed by atoms with Crippen molar-refractivity contribution in [2.45, 2.75) is 33.2 Å². The van der Waals surface area contributed by atoms with E-state index in [9.17, 15) is 25.0 Å². The van der Waals surface area contributed by atoms with Crippen molar-refractivity contribution in [3.63, 3.8) is 0 Å². The van der Waals surface area contributed by atoms with Crippen LogP contribution in [-0.2, 0) is 9.53 Å². The second-order valence-electron chi connectivity index (χ2n) is 6.30. The van der Waals surface area contributed by atoms with Crippen LogP contribution in [0, 0.1) is 27.4 Å². The first kappa shape index (κ1) is 22.7. The molecule has 0 aromatic heterocycles. The third-order valence-corrected chi connectivity index (χ3v) is 4.12. The molecule has 1 amide bonds. The standard InChI is InChI=1S/C18H23N3O7/c1-6-27-15-7-12(13(21(24)25)8-14(15)26-5)17(23)28-9-16(22)20-18(4,10-19)11(2)3/h7-8,11H,6,9H2,1-5H3,(H,20,22)/t18-/m0/s1. The maximum Gasteiger partial charge on any atom is 0.345 e. The summed E-state index contributed by atoms with van der Waals surface area (Å²) in [5.41, 5.74) is -2.07. The van der Waals surface area contributed by atoms with Crippen molar-refractivity contribution in [1.82, 2.24) is 5.32 Å². The molecule has 1 N–H and O–H groups in total. The van der Waals surface area contributed by atoms with E-state index < -0.39 is 34.6 Å². The number of nitriles is 1. The molecule has 0 saturated carbocycles. The van der Waals surface area contributed by atoms with Gasteiger partial charge in [0.25, 0.3) is 11.6 Å². The number of hydrogen-bond acceptors (Lipinski definition) is 8. The number of hydrogen-bond donors (Lipinski definition) is 1. The van der Waals surface area contributed by atoms with Crippen molar-refractivity contribution >= 4 is 17.6 Å². The van der Waals surface area contributed by atoms with E-state index in [4.69, 9.17) is 14.2 Å². The van der Waals surface area contributed by atoms with Gasteiger partial charge in [-0.3, -0.25) is 14.9 Å². The minimum absolute atomic E-state index is 0.0876. The zero-order valence-electron chi connectivity index (χ0n) is 16.4. The summed E-state index contributed by atoms with van der Waals surface area (Å²) in [5.74, 6) is -1.75. The molecule has 0 saturated heterocycles. The summed E-state index contributed by atoms with van der Waals surface area (Å²) in [7, 11) is 1.31. The Hall–Kier alpha value is -3.35. The lowest BCUT2D eigenvalue weighted by Gasteiger charge is -2.27. The van der Waals surface area contributed by atoms with Crippen molar-refractivity contribution in [3.8, 4) is 17.6 Å². The Bertz CT molecular complexity index is 801. The van der Waals surface area contributed by atoms with E-state index in [0.717, 1.165) is 12.1 Å². The summed E-state index contributed by atoms with van der Waals surface area (Å²) in [6, 6.07) is 4.18. The number of benzene rings is 1. The lowest BCUT2D eigenvalue weighted by atomic mass is 9.90. The number of ether oxygens (including phenoxy) is 3. The van der Waals surface area contributed by atoms with Crippen LogP contribution >= 0.6 is 0 Å². The number of esters is 1. The smallest absolute Gasteiger partial charge is 0.345 e. The first-order valence-corrected chi connectivity index (χ1v) is 8.48. The van der Waals surface area contributed by atoms with Crippen LogP contribution in [0.4, 0.5) is 5.69 Å². The van der Waals surface area contributed by atoms with Crippen LogP contribution in [-0.4, -0.2) is 42.7 Å². The Balaban J connectivity index is 3.03. The molecule has 152 valence electrons. The van der Waals surface area contributed by atoms with Crippen LogP contribution in [0.2, 0.25) is 0 Å². The SMILES string of the molecule is CCOc1cc(C(=O)OCC(=O)N[C@@](C)(C#N)C(C)C)c([N+](=O)[O-])cc1OC. The number of rotatable bonds is 9. The zero-order valence-corrected chi connectivity index (χ0v) is 16.4. The molecule has 0 aliphatic carbocycles. The van der Waals surface area contributed by atoms with E-state index in [1.54, 1.807) is 27.7 Å². The minimum Gasteiger partial charge on any atom is -0.493 e. The number of nitrogens with zero attached hydrogens (tertiary/aromatic N) is 2. The molecule has 0 fully saturated rings. The highest BCUT2D eigenvalue weighted by Gasteiger charge is 2.31. The fourth-order valence-electron chi connectivity index (χ4n) is 2.13.